The van der Waals surface area contributed by atoms with Crippen LogP contribution in [0.3, 0.4) is 0 Å². The lowest BCUT2D eigenvalue weighted by molar-refractivity contribution is -0.202. The van der Waals surface area contributed by atoms with Crippen LogP contribution in [0.25, 0.3) is 0 Å². The van der Waals surface area contributed by atoms with Crippen molar-refractivity contribution >= 4 is 0 Å². The predicted octanol–water partition coefficient (Wildman–Crippen LogP) is 1.46. The zero-order chi connectivity index (χ0) is 10.0. The molecule has 0 radical (unpaired) electrons. The van der Waals surface area contributed by atoms with E-state index in [2.05, 4.69) is 13.8 Å². The van der Waals surface area contributed by atoms with E-state index in [0.29, 0.717) is 5.92 Å². The van der Waals surface area contributed by atoms with E-state index in [1.54, 1.807) is 14.2 Å². The van der Waals surface area contributed by atoms with Crippen molar-refractivity contribution in [2.45, 2.75) is 45.2 Å². The number of rotatable bonds is 2. The Balaban J connectivity index is 2.71. The summed E-state index contributed by atoms with van der Waals surface area (Å²) in [7, 11) is 3.44. The Morgan fingerprint density at radius 2 is 1.38 bits per heavy atom. The van der Waals surface area contributed by atoms with Gasteiger partial charge in [0.05, 0.1) is 18.3 Å². The van der Waals surface area contributed by atoms with Gasteiger partial charge in [0, 0.05) is 20.1 Å². The fraction of sp³-hybridized carbons (Fsp3) is 1.00. The highest BCUT2D eigenvalue weighted by molar-refractivity contribution is 4.88. The van der Waals surface area contributed by atoms with Crippen LogP contribution in [0.2, 0.25) is 0 Å². The third-order valence-corrected chi connectivity index (χ3v) is 3.02. The van der Waals surface area contributed by atoms with Crippen molar-refractivity contribution in [1.29, 1.82) is 0 Å². The third kappa shape index (κ3) is 2.03. The first-order valence-electron chi connectivity index (χ1n) is 4.82. The molecule has 5 atom stereocenters. The normalized spacial score (nSPS) is 46.4. The summed E-state index contributed by atoms with van der Waals surface area (Å²) in [4.78, 5) is 0. The first-order chi connectivity index (χ1) is 6.11. The topological polar surface area (TPSA) is 27.7 Å². The molecule has 1 fully saturated rings. The first kappa shape index (κ1) is 11.0. The van der Waals surface area contributed by atoms with Crippen molar-refractivity contribution < 1.29 is 14.2 Å². The third-order valence-electron chi connectivity index (χ3n) is 3.02. The monoisotopic (exact) mass is 188 g/mol. The predicted molar refractivity (Wildman–Crippen MR) is 50.8 cm³/mol. The zero-order valence-corrected chi connectivity index (χ0v) is 9.11. The average molecular weight is 188 g/mol. The second-order valence-electron chi connectivity index (χ2n) is 3.81. The van der Waals surface area contributed by atoms with E-state index in [1.165, 1.54) is 0 Å². The Bertz CT molecular complexity index is 160. The summed E-state index contributed by atoms with van der Waals surface area (Å²) in [5.74, 6) is 0.381. The highest BCUT2D eigenvalue weighted by Crippen LogP contribution is 2.28. The Morgan fingerprint density at radius 1 is 0.846 bits per heavy atom. The smallest absolute Gasteiger partial charge is 0.109 e. The van der Waals surface area contributed by atoms with Gasteiger partial charge in [-0.1, -0.05) is 6.92 Å². The summed E-state index contributed by atoms with van der Waals surface area (Å²) in [6.45, 7) is 6.25. The Hall–Kier alpha value is -0.120. The molecule has 1 rings (SSSR count). The largest absolute Gasteiger partial charge is 0.378 e. The molecule has 0 bridgehead atoms. The van der Waals surface area contributed by atoms with Gasteiger partial charge in [-0.2, -0.15) is 0 Å². The van der Waals surface area contributed by atoms with Crippen LogP contribution >= 0.6 is 0 Å². The van der Waals surface area contributed by atoms with Gasteiger partial charge in [-0.3, -0.25) is 0 Å². The Kier molecular flexibility index (Phi) is 3.71. The second kappa shape index (κ2) is 4.40. The van der Waals surface area contributed by atoms with Gasteiger partial charge in [-0.15, -0.1) is 0 Å². The van der Waals surface area contributed by atoms with Crippen molar-refractivity contribution in [3.05, 3.63) is 0 Å². The molecular weight excluding hydrogens is 168 g/mol. The Morgan fingerprint density at radius 3 is 1.85 bits per heavy atom. The summed E-state index contributed by atoms with van der Waals surface area (Å²) in [5, 5.41) is 0. The van der Waals surface area contributed by atoms with Gasteiger partial charge in [-0.25, -0.2) is 0 Å². The number of ether oxygens (including phenoxy) is 3. The van der Waals surface area contributed by atoms with Crippen LogP contribution in [-0.4, -0.2) is 38.6 Å². The first-order valence-corrected chi connectivity index (χ1v) is 4.82. The zero-order valence-electron chi connectivity index (χ0n) is 9.11. The molecule has 0 spiro atoms. The van der Waals surface area contributed by atoms with Gasteiger partial charge in [0.2, 0.25) is 0 Å². The molecule has 0 unspecified atom stereocenters. The number of hydrogen-bond donors (Lipinski definition) is 0. The molecule has 3 heteroatoms. The summed E-state index contributed by atoms with van der Waals surface area (Å²) in [6, 6.07) is 0. The minimum Gasteiger partial charge on any atom is -0.378 e. The van der Waals surface area contributed by atoms with E-state index in [9.17, 15) is 0 Å². The lowest BCUT2D eigenvalue weighted by Gasteiger charge is -2.42. The van der Waals surface area contributed by atoms with Crippen LogP contribution in [0.4, 0.5) is 0 Å². The van der Waals surface area contributed by atoms with Gasteiger partial charge >= 0.3 is 0 Å². The fourth-order valence-corrected chi connectivity index (χ4v) is 2.05. The maximum absolute atomic E-state index is 5.73. The SMILES string of the molecule is CO[C@@H]1[C@@H](OC)[C@@H](C)[C@H](C)O[C@H]1C. The standard InChI is InChI=1S/C10H20O3/c1-6-7(2)13-8(3)10(12-5)9(6)11-4/h6-10H,1-5H3/t6-,7-,8-,9-,10-/m0/s1. The summed E-state index contributed by atoms with van der Waals surface area (Å²) in [6.07, 6.45) is 0.549. The lowest BCUT2D eigenvalue weighted by Crippen LogP contribution is -2.53. The molecule has 0 aliphatic carbocycles. The van der Waals surface area contributed by atoms with Crippen LogP contribution in [0.5, 0.6) is 0 Å². The van der Waals surface area contributed by atoms with Gasteiger partial charge in [0.15, 0.2) is 0 Å². The highest BCUT2D eigenvalue weighted by atomic mass is 16.6. The molecule has 0 aromatic heterocycles. The van der Waals surface area contributed by atoms with E-state index in [1.807, 2.05) is 6.92 Å². The fourth-order valence-electron chi connectivity index (χ4n) is 2.05. The van der Waals surface area contributed by atoms with E-state index in [0.717, 1.165) is 0 Å². The number of hydrogen-bond acceptors (Lipinski definition) is 3. The van der Waals surface area contributed by atoms with Crippen molar-refractivity contribution in [2.24, 2.45) is 5.92 Å². The molecule has 0 saturated carbocycles. The average Bonchev–Trinajstić information content (AvgIpc) is 2.10. The quantitative estimate of drug-likeness (QED) is 0.656. The lowest BCUT2D eigenvalue weighted by atomic mass is 9.89. The maximum Gasteiger partial charge on any atom is 0.109 e. The molecule has 78 valence electrons. The van der Waals surface area contributed by atoms with Crippen LogP contribution in [0.15, 0.2) is 0 Å². The summed E-state index contributed by atoms with van der Waals surface area (Å²) >= 11 is 0. The van der Waals surface area contributed by atoms with Gasteiger partial charge in [0.1, 0.15) is 6.10 Å². The molecule has 1 aliphatic heterocycles. The van der Waals surface area contributed by atoms with Crippen LogP contribution in [0.1, 0.15) is 20.8 Å². The maximum atomic E-state index is 5.73. The van der Waals surface area contributed by atoms with E-state index in [-0.39, 0.29) is 24.4 Å². The number of methoxy groups -OCH3 is 2. The molecular formula is C10H20O3. The van der Waals surface area contributed by atoms with E-state index < -0.39 is 0 Å². The van der Waals surface area contributed by atoms with Crippen molar-refractivity contribution in [1.82, 2.24) is 0 Å². The molecule has 1 aliphatic rings. The molecule has 3 nitrogen and oxygen atoms in total. The molecule has 1 saturated heterocycles. The van der Waals surface area contributed by atoms with E-state index in [4.69, 9.17) is 14.2 Å². The van der Waals surface area contributed by atoms with Gasteiger partial charge in [-0.05, 0) is 13.8 Å². The second-order valence-corrected chi connectivity index (χ2v) is 3.81. The van der Waals surface area contributed by atoms with Crippen molar-refractivity contribution in [3.63, 3.8) is 0 Å². The van der Waals surface area contributed by atoms with Crippen LogP contribution in [-0.2, 0) is 14.2 Å². The minimum absolute atomic E-state index is 0.0520. The van der Waals surface area contributed by atoms with E-state index >= 15 is 0 Å². The molecule has 1 heterocycles. The molecule has 13 heavy (non-hydrogen) atoms. The van der Waals surface area contributed by atoms with Gasteiger partial charge < -0.3 is 14.2 Å². The molecule has 0 aromatic carbocycles. The van der Waals surface area contributed by atoms with Crippen molar-refractivity contribution in [2.75, 3.05) is 14.2 Å². The van der Waals surface area contributed by atoms with Crippen molar-refractivity contribution in [3.8, 4) is 0 Å². The summed E-state index contributed by atoms with van der Waals surface area (Å²) in [5.41, 5.74) is 0. The Labute approximate surface area is 80.4 Å². The van der Waals surface area contributed by atoms with Crippen LogP contribution < -0.4 is 0 Å². The highest BCUT2D eigenvalue weighted by Gasteiger charge is 2.40. The minimum atomic E-state index is 0.0520. The van der Waals surface area contributed by atoms with Crippen LogP contribution in [0, 0.1) is 5.92 Å². The molecule has 0 N–H and O–H groups in total. The summed E-state index contributed by atoms with van der Waals surface area (Å²) < 4.78 is 16.5. The molecule has 0 aromatic rings. The van der Waals surface area contributed by atoms with Gasteiger partial charge in [0.25, 0.3) is 0 Å². The molecule has 0 amide bonds.